The normalized spacial score (nSPS) is 39.0. The lowest BCUT2D eigenvalue weighted by atomic mass is 9.75. The molecule has 0 aromatic heterocycles. The first-order valence-electron chi connectivity index (χ1n) is 4.49. The average Bonchev–Trinajstić information content (AvgIpc) is 2.04. The fourth-order valence-electron chi connectivity index (χ4n) is 2.01. The van der Waals surface area contributed by atoms with Crippen molar-refractivity contribution in [2.75, 3.05) is 13.2 Å². The molecule has 3 unspecified atom stereocenters. The fraction of sp³-hybridized carbons (Fsp3) is 1.00. The fourth-order valence-corrected chi connectivity index (χ4v) is 2.01. The summed E-state index contributed by atoms with van der Waals surface area (Å²) in [6, 6.07) is 0. The second kappa shape index (κ2) is 4.07. The van der Waals surface area contributed by atoms with Crippen molar-refractivity contribution in [3.05, 3.63) is 0 Å². The Kier molecular flexibility index (Phi) is 3.34. The van der Waals surface area contributed by atoms with E-state index in [0.29, 0.717) is 31.0 Å². The Hall–Kier alpha value is -0.0800. The van der Waals surface area contributed by atoms with Gasteiger partial charge >= 0.3 is 0 Å². The molecular formula is C9H18O2. The Labute approximate surface area is 68.2 Å². The van der Waals surface area contributed by atoms with Crippen molar-refractivity contribution in [3.63, 3.8) is 0 Å². The second-order valence-electron chi connectivity index (χ2n) is 3.78. The minimum Gasteiger partial charge on any atom is -0.396 e. The predicted octanol–water partition coefficient (Wildman–Crippen LogP) is 1.02. The maximum absolute atomic E-state index is 8.96. The van der Waals surface area contributed by atoms with Crippen LogP contribution in [0.3, 0.4) is 0 Å². The van der Waals surface area contributed by atoms with Gasteiger partial charge in [-0.3, -0.25) is 0 Å². The van der Waals surface area contributed by atoms with E-state index in [-0.39, 0.29) is 0 Å². The van der Waals surface area contributed by atoms with Gasteiger partial charge in [-0.25, -0.2) is 0 Å². The summed E-state index contributed by atoms with van der Waals surface area (Å²) in [5.41, 5.74) is 0. The summed E-state index contributed by atoms with van der Waals surface area (Å²) in [5, 5.41) is 17.9. The van der Waals surface area contributed by atoms with E-state index in [1.165, 1.54) is 0 Å². The molecule has 0 saturated heterocycles. The minimum atomic E-state index is 0.319. The van der Waals surface area contributed by atoms with Gasteiger partial charge in [-0.2, -0.15) is 0 Å². The highest BCUT2D eigenvalue weighted by Gasteiger charge is 2.26. The predicted molar refractivity (Wildman–Crippen MR) is 44.2 cm³/mol. The molecule has 0 bridgehead atoms. The zero-order valence-corrected chi connectivity index (χ0v) is 7.16. The van der Waals surface area contributed by atoms with E-state index in [4.69, 9.17) is 10.2 Å². The van der Waals surface area contributed by atoms with Gasteiger partial charge in [0, 0.05) is 13.2 Å². The first-order chi connectivity index (χ1) is 5.27. The molecule has 2 heteroatoms. The molecule has 2 N–H and O–H groups in total. The summed E-state index contributed by atoms with van der Waals surface area (Å²) in [5.74, 6) is 1.57. The second-order valence-corrected chi connectivity index (χ2v) is 3.78. The highest BCUT2D eigenvalue weighted by Crippen LogP contribution is 2.32. The van der Waals surface area contributed by atoms with E-state index >= 15 is 0 Å². The topological polar surface area (TPSA) is 40.5 Å². The van der Waals surface area contributed by atoms with Crippen LogP contribution in [-0.4, -0.2) is 23.4 Å². The molecule has 0 spiro atoms. The number of aliphatic hydroxyl groups is 2. The summed E-state index contributed by atoms with van der Waals surface area (Å²) in [6.07, 6.45) is 3.26. The average molecular weight is 158 g/mol. The summed E-state index contributed by atoms with van der Waals surface area (Å²) >= 11 is 0. The summed E-state index contributed by atoms with van der Waals surface area (Å²) in [7, 11) is 0. The Morgan fingerprint density at radius 2 is 1.91 bits per heavy atom. The van der Waals surface area contributed by atoms with Gasteiger partial charge in [0.05, 0.1) is 0 Å². The van der Waals surface area contributed by atoms with Gasteiger partial charge in [0.2, 0.25) is 0 Å². The van der Waals surface area contributed by atoms with Crippen LogP contribution in [0.1, 0.15) is 26.2 Å². The molecule has 1 aliphatic carbocycles. The number of hydrogen-bond donors (Lipinski definition) is 2. The van der Waals surface area contributed by atoms with Crippen LogP contribution in [0.25, 0.3) is 0 Å². The van der Waals surface area contributed by atoms with Gasteiger partial charge in [0.25, 0.3) is 0 Å². The van der Waals surface area contributed by atoms with Crippen LogP contribution in [0.4, 0.5) is 0 Å². The molecule has 11 heavy (non-hydrogen) atoms. The third-order valence-electron chi connectivity index (χ3n) is 2.95. The highest BCUT2D eigenvalue weighted by atomic mass is 16.3. The lowest BCUT2D eigenvalue weighted by Crippen LogP contribution is -2.26. The van der Waals surface area contributed by atoms with E-state index < -0.39 is 0 Å². The van der Waals surface area contributed by atoms with Crippen molar-refractivity contribution < 1.29 is 10.2 Å². The van der Waals surface area contributed by atoms with Crippen LogP contribution in [0, 0.1) is 17.8 Å². The van der Waals surface area contributed by atoms with Crippen molar-refractivity contribution in [1.29, 1.82) is 0 Å². The molecule has 1 aliphatic rings. The van der Waals surface area contributed by atoms with Gasteiger partial charge in [-0.15, -0.1) is 0 Å². The van der Waals surface area contributed by atoms with Crippen molar-refractivity contribution in [2.45, 2.75) is 26.2 Å². The Balaban J connectivity index is 2.34. The molecule has 0 aliphatic heterocycles. The molecule has 0 amide bonds. The largest absolute Gasteiger partial charge is 0.396 e. The molecule has 0 heterocycles. The summed E-state index contributed by atoms with van der Waals surface area (Å²) in [6.45, 7) is 2.81. The van der Waals surface area contributed by atoms with Gasteiger partial charge in [0.1, 0.15) is 0 Å². The zero-order valence-electron chi connectivity index (χ0n) is 7.16. The first kappa shape index (κ1) is 9.01. The molecule has 2 nitrogen and oxygen atoms in total. The molecule has 1 fully saturated rings. The monoisotopic (exact) mass is 158 g/mol. The maximum atomic E-state index is 8.96. The van der Waals surface area contributed by atoms with Gasteiger partial charge in [-0.05, 0) is 37.0 Å². The highest BCUT2D eigenvalue weighted by molar-refractivity contribution is 4.76. The van der Waals surface area contributed by atoms with E-state index in [9.17, 15) is 0 Å². The summed E-state index contributed by atoms with van der Waals surface area (Å²) < 4.78 is 0. The third-order valence-corrected chi connectivity index (χ3v) is 2.95. The van der Waals surface area contributed by atoms with Crippen LogP contribution in [0.15, 0.2) is 0 Å². The van der Waals surface area contributed by atoms with Crippen molar-refractivity contribution in [2.24, 2.45) is 17.8 Å². The van der Waals surface area contributed by atoms with Crippen LogP contribution in [-0.2, 0) is 0 Å². The molecule has 66 valence electrons. The molecule has 0 aromatic carbocycles. The van der Waals surface area contributed by atoms with Crippen molar-refractivity contribution in [3.8, 4) is 0 Å². The quantitative estimate of drug-likeness (QED) is 0.630. The smallest absolute Gasteiger partial charge is 0.0461 e. The molecular weight excluding hydrogens is 140 g/mol. The van der Waals surface area contributed by atoms with Gasteiger partial charge in [0.15, 0.2) is 0 Å². The molecule has 0 radical (unpaired) electrons. The third kappa shape index (κ3) is 2.17. The summed E-state index contributed by atoms with van der Waals surface area (Å²) in [4.78, 5) is 0. The van der Waals surface area contributed by atoms with Crippen LogP contribution >= 0.6 is 0 Å². The Morgan fingerprint density at radius 1 is 1.18 bits per heavy atom. The number of rotatable bonds is 2. The van der Waals surface area contributed by atoms with Gasteiger partial charge in [-0.1, -0.05) is 6.92 Å². The first-order valence-corrected chi connectivity index (χ1v) is 4.49. The Bertz CT molecular complexity index is 114. The number of aliphatic hydroxyl groups excluding tert-OH is 2. The van der Waals surface area contributed by atoms with Gasteiger partial charge < -0.3 is 10.2 Å². The zero-order chi connectivity index (χ0) is 8.27. The van der Waals surface area contributed by atoms with Crippen molar-refractivity contribution in [1.82, 2.24) is 0 Å². The van der Waals surface area contributed by atoms with Crippen molar-refractivity contribution >= 4 is 0 Å². The number of hydrogen-bond acceptors (Lipinski definition) is 2. The van der Waals surface area contributed by atoms with Crippen LogP contribution in [0.5, 0.6) is 0 Å². The lowest BCUT2D eigenvalue weighted by molar-refractivity contribution is 0.0894. The molecule has 1 saturated carbocycles. The standard InChI is InChI=1S/C9H18O2/c1-7-4-8(5-10)2-3-9(7)6-11/h7-11H,2-6H2,1H3. The molecule has 3 atom stereocenters. The van der Waals surface area contributed by atoms with Crippen LogP contribution in [0.2, 0.25) is 0 Å². The van der Waals surface area contributed by atoms with E-state index in [1.807, 2.05) is 0 Å². The van der Waals surface area contributed by atoms with E-state index in [0.717, 1.165) is 19.3 Å². The minimum absolute atomic E-state index is 0.319. The van der Waals surface area contributed by atoms with E-state index in [2.05, 4.69) is 6.92 Å². The SMILES string of the molecule is CC1CC(CO)CCC1CO. The Morgan fingerprint density at radius 3 is 2.36 bits per heavy atom. The molecule has 0 aromatic rings. The van der Waals surface area contributed by atoms with Crippen LogP contribution < -0.4 is 0 Å². The lowest BCUT2D eigenvalue weighted by Gasteiger charge is -2.32. The van der Waals surface area contributed by atoms with E-state index in [1.54, 1.807) is 0 Å². The molecule has 1 rings (SSSR count). The maximum Gasteiger partial charge on any atom is 0.0461 e.